The van der Waals surface area contributed by atoms with Crippen LogP contribution in [0.4, 0.5) is 23.5 Å². The molecule has 0 amide bonds. The highest BCUT2D eigenvalue weighted by Gasteiger charge is 2.29. The molecular formula is C20H18F4N4OS. The first kappa shape index (κ1) is 20.7. The topological polar surface area (TPSA) is 41.4 Å². The van der Waals surface area contributed by atoms with Crippen LogP contribution in [-0.2, 0) is 0 Å². The summed E-state index contributed by atoms with van der Waals surface area (Å²) in [6.45, 7) is 2.66. The third kappa shape index (κ3) is 4.15. The van der Waals surface area contributed by atoms with Crippen molar-refractivity contribution in [2.75, 3.05) is 38.1 Å². The van der Waals surface area contributed by atoms with Gasteiger partial charge < -0.3 is 9.80 Å². The molecule has 0 aliphatic carbocycles. The lowest BCUT2D eigenvalue weighted by molar-refractivity contribution is -0.0328. The molecule has 1 fully saturated rings. The van der Waals surface area contributed by atoms with Gasteiger partial charge in [0.05, 0.1) is 11.1 Å². The number of piperazine rings is 1. The van der Waals surface area contributed by atoms with E-state index in [0.717, 1.165) is 13.1 Å². The number of likely N-dealkylation sites (N-methyl/N-ethyl adjacent to an activating group) is 1. The lowest BCUT2D eigenvalue weighted by Gasteiger charge is -2.34. The van der Waals surface area contributed by atoms with E-state index in [2.05, 4.69) is 9.88 Å². The number of rotatable bonds is 3. The van der Waals surface area contributed by atoms with E-state index in [4.69, 9.17) is 0 Å². The summed E-state index contributed by atoms with van der Waals surface area (Å²) in [6, 6.07) is 9.68. The third-order valence-electron chi connectivity index (χ3n) is 4.95. The maximum absolute atomic E-state index is 14.4. The van der Waals surface area contributed by atoms with Crippen LogP contribution in [0.25, 0.3) is 16.6 Å². The van der Waals surface area contributed by atoms with E-state index < -0.39 is 16.9 Å². The summed E-state index contributed by atoms with van der Waals surface area (Å²) in [7, 11) is 1.98. The normalized spacial score (nSPS) is 15.7. The molecule has 3 aromatic rings. The molecule has 1 aromatic heterocycles. The summed E-state index contributed by atoms with van der Waals surface area (Å²) in [5, 5.41) is 0.113. The van der Waals surface area contributed by atoms with Crippen LogP contribution in [0, 0.1) is 5.82 Å². The van der Waals surface area contributed by atoms with Gasteiger partial charge >= 0.3 is 5.51 Å². The number of thioether (sulfide) groups is 1. The molecule has 5 nitrogen and oxygen atoms in total. The minimum atomic E-state index is -4.40. The molecule has 1 saturated heterocycles. The predicted octanol–water partition coefficient (Wildman–Crippen LogP) is 3.89. The van der Waals surface area contributed by atoms with Gasteiger partial charge in [-0.05, 0) is 55.2 Å². The van der Waals surface area contributed by atoms with Crippen molar-refractivity contribution in [2.24, 2.45) is 0 Å². The Morgan fingerprint density at radius 2 is 1.67 bits per heavy atom. The van der Waals surface area contributed by atoms with Gasteiger partial charge in [0.25, 0.3) is 5.56 Å². The number of fused-ring (bicyclic) bond motifs is 1. The average Bonchev–Trinajstić information content (AvgIpc) is 2.69. The Balaban J connectivity index is 1.86. The van der Waals surface area contributed by atoms with Gasteiger partial charge in [0.2, 0.25) is 5.95 Å². The summed E-state index contributed by atoms with van der Waals surface area (Å²) in [5.74, 6) is -0.314. The van der Waals surface area contributed by atoms with Crippen LogP contribution in [0.2, 0.25) is 0 Å². The Kier molecular flexibility index (Phi) is 5.46. The van der Waals surface area contributed by atoms with E-state index in [1.807, 2.05) is 11.9 Å². The monoisotopic (exact) mass is 438 g/mol. The number of nitrogens with zero attached hydrogens (tertiary/aromatic N) is 4. The number of alkyl halides is 3. The van der Waals surface area contributed by atoms with Crippen LogP contribution in [0.5, 0.6) is 0 Å². The molecule has 2 heterocycles. The zero-order valence-corrected chi connectivity index (χ0v) is 16.8. The zero-order chi connectivity index (χ0) is 21.5. The zero-order valence-electron chi connectivity index (χ0n) is 16.0. The van der Waals surface area contributed by atoms with Crippen molar-refractivity contribution in [1.29, 1.82) is 0 Å². The van der Waals surface area contributed by atoms with Crippen molar-refractivity contribution in [3.05, 3.63) is 58.6 Å². The smallest absolute Gasteiger partial charge is 0.339 e. The number of hydrogen-bond acceptors (Lipinski definition) is 5. The molecule has 1 aliphatic heterocycles. The fourth-order valence-corrected chi connectivity index (χ4v) is 3.95. The lowest BCUT2D eigenvalue weighted by Crippen LogP contribution is -2.46. The summed E-state index contributed by atoms with van der Waals surface area (Å²) in [6.07, 6.45) is 0. The number of aromatic nitrogens is 2. The van der Waals surface area contributed by atoms with Crippen molar-refractivity contribution >= 4 is 28.6 Å². The number of anilines is 1. The number of para-hydroxylation sites is 1. The fourth-order valence-electron chi connectivity index (χ4n) is 3.41. The fraction of sp³-hybridized carbons (Fsp3) is 0.300. The maximum atomic E-state index is 14.4. The Morgan fingerprint density at radius 3 is 2.30 bits per heavy atom. The molecule has 0 radical (unpaired) electrons. The first-order chi connectivity index (χ1) is 14.2. The van der Waals surface area contributed by atoms with Gasteiger partial charge in [-0.15, -0.1) is 0 Å². The molecule has 0 spiro atoms. The van der Waals surface area contributed by atoms with E-state index in [0.29, 0.717) is 18.8 Å². The molecular weight excluding hydrogens is 420 g/mol. The van der Waals surface area contributed by atoms with Gasteiger partial charge in [-0.1, -0.05) is 6.07 Å². The summed E-state index contributed by atoms with van der Waals surface area (Å²) in [4.78, 5) is 21.7. The van der Waals surface area contributed by atoms with Gasteiger partial charge in [-0.2, -0.15) is 13.2 Å². The number of benzene rings is 2. The Bertz CT molecular complexity index is 1120. The maximum Gasteiger partial charge on any atom is 0.446 e. The van der Waals surface area contributed by atoms with Crippen LogP contribution in [0.15, 0.2) is 52.2 Å². The highest BCUT2D eigenvalue weighted by Crippen LogP contribution is 2.37. The summed E-state index contributed by atoms with van der Waals surface area (Å²) < 4.78 is 53.6. The molecule has 4 rings (SSSR count). The average molecular weight is 438 g/mol. The van der Waals surface area contributed by atoms with Crippen molar-refractivity contribution in [1.82, 2.24) is 14.5 Å². The minimum Gasteiger partial charge on any atom is -0.339 e. The minimum absolute atomic E-state index is 0.0141. The Labute approximate surface area is 173 Å². The second-order valence-electron chi connectivity index (χ2n) is 7.02. The van der Waals surface area contributed by atoms with Gasteiger partial charge in [-0.25, -0.2) is 13.9 Å². The van der Waals surface area contributed by atoms with Crippen LogP contribution < -0.4 is 10.5 Å². The van der Waals surface area contributed by atoms with E-state index in [1.54, 1.807) is 0 Å². The standard InChI is InChI=1S/C20H18F4N4OS/c1-26-9-11-27(12-10-26)19-25-17-15(3-2-4-16(17)21)18(29)28(19)13-5-7-14(8-6-13)30-20(22,23)24/h2-8H,9-12H2,1H3. The summed E-state index contributed by atoms with van der Waals surface area (Å²) in [5.41, 5.74) is -4.51. The van der Waals surface area contributed by atoms with E-state index in [1.165, 1.54) is 47.0 Å². The Morgan fingerprint density at radius 1 is 1.00 bits per heavy atom. The van der Waals surface area contributed by atoms with E-state index in [-0.39, 0.29) is 33.5 Å². The second kappa shape index (κ2) is 7.92. The molecule has 10 heteroatoms. The van der Waals surface area contributed by atoms with Crippen molar-refractivity contribution < 1.29 is 17.6 Å². The van der Waals surface area contributed by atoms with Crippen molar-refractivity contribution in [3.63, 3.8) is 0 Å². The largest absolute Gasteiger partial charge is 0.446 e. The molecule has 30 heavy (non-hydrogen) atoms. The quantitative estimate of drug-likeness (QED) is 0.459. The predicted molar refractivity (Wildman–Crippen MR) is 109 cm³/mol. The van der Waals surface area contributed by atoms with Crippen molar-refractivity contribution in [2.45, 2.75) is 10.4 Å². The molecule has 0 N–H and O–H groups in total. The van der Waals surface area contributed by atoms with Crippen molar-refractivity contribution in [3.8, 4) is 5.69 Å². The molecule has 158 valence electrons. The van der Waals surface area contributed by atoms with Crippen LogP contribution in [0.1, 0.15) is 0 Å². The molecule has 0 saturated carbocycles. The van der Waals surface area contributed by atoms with Crippen LogP contribution in [-0.4, -0.2) is 53.2 Å². The first-order valence-electron chi connectivity index (χ1n) is 9.24. The molecule has 0 bridgehead atoms. The van der Waals surface area contributed by atoms with Crippen LogP contribution >= 0.6 is 11.8 Å². The van der Waals surface area contributed by atoms with Gasteiger partial charge in [0, 0.05) is 31.1 Å². The highest BCUT2D eigenvalue weighted by molar-refractivity contribution is 8.00. The molecule has 1 aliphatic rings. The van der Waals surface area contributed by atoms with Gasteiger partial charge in [-0.3, -0.25) is 4.79 Å². The summed E-state index contributed by atoms with van der Waals surface area (Å²) >= 11 is -0.223. The SMILES string of the molecule is CN1CCN(c2nc3c(F)cccc3c(=O)n2-c2ccc(SC(F)(F)F)cc2)CC1. The Hall–Kier alpha value is -2.59. The number of hydrogen-bond donors (Lipinski definition) is 0. The van der Waals surface area contributed by atoms with E-state index in [9.17, 15) is 22.4 Å². The highest BCUT2D eigenvalue weighted by atomic mass is 32.2. The first-order valence-corrected chi connectivity index (χ1v) is 10.1. The molecule has 0 unspecified atom stereocenters. The molecule has 2 aromatic carbocycles. The second-order valence-corrected chi connectivity index (χ2v) is 8.16. The third-order valence-corrected chi connectivity index (χ3v) is 5.69. The molecule has 0 atom stereocenters. The van der Waals surface area contributed by atoms with Gasteiger partial charge in [0.15, 0.2) is 0 Å². The lowest BCUT2D eigenvalue weighted by atomic mass is 10.2. The van der Waals surface area contributed by atoms with E-state index >= 15 is 0 Å². The van der Waals surface area contributed by atoms with Gasteiger partial charge in [0.1, 0.15) is 11.3 Å². The number of halogens is 4. The van der Waals surface area contributed by atoms with Crippen LogP contribution in [0.3, 0.4) is 0 Å².